The molecular formula is C10H6Cl2N2O. The molecule has 0 aliphatic rings. The van der Waals surface area contributed by atoms with E-state index in [9.17, 15) is 4.79 Å². The molecule has 0 fully saturated rings. The second-order valence-electron chi connectivity index (χ2n) is 3.02. The monoisotopic (exact) mass is 240 g/mol. The second-order valence-corrected chi connectivity index (χ2v) is 3.86. The number of primary amides is 1. The molecule has 0 saturated carbocycles. The molecule has 0 aliphatic carbocycles. The first-order valence-electron chi connectivity index (χ1n) is 4.13. The van der Waals surface area contributed by atoms with Crippen molar-refractivity contribution in [2.24, 2.45) is 5.73 Å². The number of fused-ring (bicyclic) bond motifs is 1. The molecule has 1 aromatic heterocycles. The van der Waals surface area contributed by atoms with Crippen molar-refractivity contribution >= 4 is 40.0 Å². The Morgan fingerprint density at radius 2 is 2.00 bits per heavy atom. The molecule has 1 amide bonds. The quantitative estimate of drug-likeness (QED) is 0.834. The highest BCUT2D eigenvalue weighted by molar-refractivity contribution is 6.38. The van der Waals surface area contributed by atoms with Gasteiger partial charge in [0.15, 0.2) is 0 Å². The van der Waals surface area contributed by atoms with Crippen molar-refractivity contribution in [2.45, 2.75) is 0 Å². The van der Waals surface area contributed by atoms with Crippen LogP contribution in [0.25, 0.3) is 10.9 Å². The van der Waals surface area contributed by atoms with Gasteiger partial charge in [-0.1, -0.05) is 23.2 Å². The van der Waals surface area contributed by atoms with Crippen LogP contribution in [0.5, 0.6) is 0 Å². The van der Waals surface area contributed by atoms with Gasteiger partial charge >= 0.3 is 0 Å². The molecular weight excluding hydrogens is 235 g/mol. The normalized spacial score (nSPS) is 10.5. The zero-order valence-corrected chi connectivity index (χ0v) is 9.01. The Bertz CT molecular complexity index is 554. The first-order valence-corrected chi connectivity index (χ1v) is 4.89. The van der Waals surface area contributed by atoms with Gasteiger partial charge in [-0.05, 0) is 24.3 Å². The Labute approximate surface area is 95.8 Å². The summed E-state index contributed by atoms with van der Waals surface area (Å²) in [6, 6.07) is 6.48. The highest BCUT2D eigenvalue weighted by Crippen LogP contribution is 2.26. The Morgan fingerprint density at radius 1 is 1.27 bits per heavy atom. The molecule has 0 saturated heterocycles. The highest BCUT2D eigenvalue weighted by Gasteiger charge is 2.06. The minimum atomic E-state index is -0.576. The fourth-order valence-electron chi connectivity index (χ4n) is 1.30. The van der Waals surface area contributed by atoms with Gasteiger partial charge < -0.3 is 5.73 Å². The molecule has 0 unspecified atom stereocenters. The maximum Gasteiger partial charge on any atom is 0.267 e. The maximum atomic E-state index is 10.9. The summed E-state index contributed by atoms with van der Waals surface area (Å²) in [5.41, 5.74) is 5.87. The Hall–Kier alpha value is -1.32. The smallest absolute Gasteiger partial charge is 0.267 e. The summed E-state index contributed by atoms with van der Waals surface area (Å²) in [4.78, 5) is 15.0. The topological polar surface area (TPSA) is 56.0 Å². The number of amides is 1. The minimum absolute atomic E-state index is 0.195. The molecule has 2 N–H and O–H groups in total. The van der Waals surface area contributed by atoms with Crippen LogP contribution >= 0.6 is 23.2 Å². The Balaban J connectivity index is 2.76. The van der Waals surface area contributed by atoms with Crippen LogP contribution in [0.4, 0.5) is 0 Å². The fraction of sp³-hybridized carbons (Fsp3) is 0. The van der Waals surface area contributed by atoms with Crippen molar-refractivity contribution in [3.05, 3.63) is 40.0 Å². The summed E-state index contributed by atoms with van der Waals surface area (Å²) < 4.78 is 0. The lowest BCUT2D eigenvalue weighted by Crippen LogP contribution is -2.12. The third kappa shape index (κ3) is 1.89. The molecule has 0 spiro atoms. The molecule has 5 heteroatoms. The van der Waals surface area contributed by atoms with Gasteiger partial charge in [0, 0.05) is 10.4 Å². The largest absolute Gasteiger partial charge is 0.364 e. The summed E-state index contributed by atoms with van der Waals surface area (Å²) in [5, 5.41) is 1.72. The number of carbonyl (C=O) groups excluding carboxylic acids is 1. The molecule has 15 heavy (non-hydrogen) atoms. The molecule has 1 heterocycles. The summed E-state index contributed by atoms with van der Waals surface area (Å²) in [5.74, 6) is -0.576. The van der Waals surface area contributed by atoms with Gasteiger partial charge in [-0.3, -0.25) is 4.79 Å². The van der Waals surface area contributed by atoms with E-state index in [1.165, 1.54) is 6.07 Å². The number of hydrogen-bond donors (Lipinski definition) is 1. The molecule has 0 aliphatic heterocycles. The average Bonchev–Trinajstić information content (AvgIpc) is 2.16. The average molecular weight is 241 g/mol. The molecule has 2 aromatic rings. The molecule has 0 bridgehead atoms. The van der Waals surface area contributed by atoms with Crippen LogP contribution < -0.4 is 5.73 Å². The SMILES string of the molecule is NC(=O)c1ccc2c(Cl)cc(Cl)cc2n1. The van der Waals surface area contributed by atoms with Crippen molar-refractivity contribution in [2.75, 3.05) is 0 Å². The molecule has 0 radical (unpaired) electrons. The maximum absolute atomic E-state index is 10.9. The van der Waals surface area contributed by atoms with Gasteiger partial charge in [-0.2, -0.15) is 0 Å². The van der Waals surface area contributed by atoms with Crippen molar-refractivity contribution in [1.29, 1.82) is 0 Å². The van der Waals surface area contributed by atoms with Crippen LogP contribution in [0.2, 0.25) is 10.0 Å². The van der Waals surface area contributed by atoms with Crippen LogP contribution in [-0.4, -0.2) is 10.9 Å². The summed E-state index contributed by atoms with van der Waals surface area (Å²) in [6.45, 7) is 0. The van der Waals surface area contributed by atoms with E-state index in [2.05, 4.69) is 4.98 Å². The van der Waals surface area contributed by atoms with Gasteiger partial charge in [0.05, 0.1) is 10.5 Å². The van der Waals surface area contributed by atoms with Crippen LogP contribution in [0.1, 0.15) is 10.5 Å². The number of nitrogens with two attached hydrogens (primary N) is 1. The van der Waals surface area contributed by atoms with Crippen LogP contribution in [0, 0.1) is 0 Å². The highest BCUT2D eigenvalue weighted by atomic mass is 35.5. The number of benzene rings is 1. The van der Waals surface area contributed by atoms with E-state index in [1.54, 1.807) is 18.2 Å². The van der Waals surface area contributed by atoms with Gasteiger partial charge in [-0.25, -0.2) is 4.98 Å². The number of hydrogen-bond acceptors (Lipinski definition) is 2. The van der Waals surface area contributed by atoms with E-state index < -0.39 is 5.91 Å². The molecule has 3 nitrogen and oxygen atoms in total. The van der Waals surface area contributed by atoms with Gasteiger partial charge in [0.2, 0.25) is 0 Å². The van der Waals surface area contributed by atoms with Crippen molar-refractivity contribution in [1.82, 2.24) is 4.98 Å². The number of carbonyl (C=O) groups is 1. The van der Waals surface area contributed by atoms with Crippen molar-refractivity contribution < 1.29 is 4.79 Å². The van der Waals surface area contributed by atoms with Gasteiger partial charge in [-0.15, -0.1) is 0 Å². The number of nitrogens with zero attached hydrogens (tertiary/aromatic N) is 1. The van der Waals surface area contributed by atoms with E-state index in [0.29, 0.717) is 15.6 Å². The van der Waals surface area contributed by atoms with E-state index >= 15 is 0 Å². The molecule has 0 atom stereocenters. The van der Waals surface area contributed by atoms with E-state index in [4.69, 9.17) is 28.9 Å². The first-order chi connectivity index (χ1) is 7.08. The second kappa shape index (κ2) is 3.68. The lowest BCUT2D eigenvalue weighted by atomic mass is 10.2. The zero-order chi connectivity index (χ0) is 11.0. The van der Waals surface area contributed by atoms with Gasteiger partial charge in [0.25, 0.3) is 5.91 Å². The zero-order valence-electron chi connectivity index (χ0n) is 7.50. The third-order valence-electron chi connectivity index (χ3n) is 1.97. The Morgan fingerprint density at radius 3 is 2.67 bits per heavy atom. The molecule has 1 aromatic carbocycles. The molecule has 2 rings (SSSR count). The summed E-state index contributed by atoms with van der Waals surface area (Å²) in [6.07, 6.45) is 0. The van der Waals surface area contributed by atoms with E-state index in [1.807, 2.05) is 0 Å². The van der Waals surface area contributed by atoms with Crippen molar-refractivity contribution in [3.8, 4) is 0 Å². The van der Waals surface area contributed by atoms with E-state index in [0.717, 1.165) is 5.39 Å². The standard InChI is InChI=1S/C10H6Cl2N2O/c11-5-3-7(12)6-1-2-8(10(13)15)14-9(6)4-5/h1-4H,(H2,13,15). The summed E-state index contributed by atoms with van der Waals surface area (Å²) >= 11 is 11.8. The lowest BCUT2D eigenvalue weighted by Gasteiger charge is -2.02. The minimum Gasteiger partial charge on any atom is -0.364 e. The third-order valence-corrected chi connectivity index (χ3v) is 2.50. The van der Waals surface area contributed by atoms with Crippen LogP contribution in [0.15, 0.2) is 24.3 Å². The lowest BCUT2D eigenvalue weighted by molar-refractivity contribution is 0.0996. The number of halogens is 2. The van der Waals surface area contributed by atoms with Crippen LogP contribution in [0.3, 0.4) is 0 Å². The summed E-state index contributed by atoms with van der Waals surface area (Å²) in [7, 11) is 0. The van der Waals surface area contributed by atoms with Crippen molar-refractivity contribution in [3.63, 3.8) is 0 Å². The number of rotatable bonds is 1. The van der Waals surface area contributed by atoms with E-state index in [-0.39, 0.29) is 5.69 Å². The van der Waals surface area contributed by atoms with Crippen LogP contribution in [-0.2, 0) is 0 Å². The first kappa shape index (κ1) is 10.2. The fourth-order valence-corrected chi connectivity index (χ4v) is 1.84. The predicted molar refractivity (Wildman–Crippen MR) is 60.3 cm³/mol. The predicted octanol–water partition coefficient (Wildman–Crippen LogP) is 2.64. The number of aromatic nitrogens is 1. The molecule has 76 valence electrons. The Kier molecular flexibility index (Phi) is 2.50. The van der Waals surface area contributed by atoms with Gasteiger partial charge in [0.1, 0.15) is 5.69 Å². The number of pyridine rings is 1.